The molecule has 8 heteroatoms. The SMILES string of the molecule is C=CCOC(=O)[C@@H]1[C@@H]2CC(C)C3(S2)C(C(=O)N(CC=C)CCCCC)N([C@H](C)CO)C(=O)[C@H]13. The standard InChI is InChI=1S/C25H38N2O5S/c1-6-9-10-12-26(11-7-2)23(30)21-25-16(4)14-18(33-25)19(24(31)32-13-8-3)20(25)22(29)27(21)17(5)15-28/h7-8,16-21,28H,2-3,6,9-15H2,1,4-5H3/t16?,17-,18+,19-,20+,21?,25?/m1/s1. The van der Waals surface area contributed by atoms with Crippen molar-refractivity contribution in [2.24, 2.45) is 17.8 Å². The first-order valence-electron chi connectivity index (χ1n) is 12.1. The fraction of sp³-hybridized carbons (Fsp3) is 0.720. The molecule has 3 aliphatic rings. The van der Waals surface area contributed by atoms with Crippen molar-refractivity contribution in [1.29, 1.82) is 0 Å². The number of carbonyl (C=O) groups excluding carboxylic acids is 3. The molecule has 0 aliphatic carbocycles. The minimum absolute atomic E-state index is 0.0545. The molecule has 3 rings (SSSR count). The highest BCUT2D eigenvalue weighted by molar-refractivity contribution is 8.02. The van der Waals surface area contributed by atoms with Gasteiger partial charge < -0.3 is 19.6 Å². The second kappa shape index (κ2) is 10.6. The molecule has 2 amide bonds. The van der Waals surface area contributed by atoms with E-state index in [9.17, 15) is 19.5 Å². The Morgan fingerprint density at radius 2 is 2.09 bits per heavy atom. The third-order valence-corrected chi connectivity index (χ3v) is 9.54. The summed E-state index contributed by atoms with van der Waals surface area (Å²) in [5.74, 6) is -1.85. The van der Waals surface area contributed by atoms with Gasteiger partial charge in [0.2, 0.25) is 11.8 Å². The largest absolute Gasteiger partial charge is 0.461 e. The van der Waals surface area contributed by atoms with Crippen molar-refractivity contribution in [1.82, 2.24) is 9.80 Å². The van der Waals surface area contributed by atoms with Crippen molar-refractivity contribution in [2.45, 2.75) is 68.5 Å². The Bertz CT molecular complexity index is 789. The molecule has 2 bridgehead atoms. The van der Waals surface area contributed by atoms with Crippen LogP contribution in [-0.4, -0.2) is 81.1 Å². The van der Waals surface area contributed by atoms with Crippen LogP contribution in [0, 0.1) is 17.8 Å². The van der Waals surface area contributed by atoms with E-state index in [1.54, 1.807) is 34.6 Å². The first-order chi connectivity index (χ1) is 15.8. The van der Waals surface area contributed by atoms with E-state index in [0.29, 0.717) is 13.1 Å². The fourth-order valence-electron chi connectivity index (χ4n) is 5.98. The van der Waals surface area contributed by atoms with Gasteiger partial charge in [0.25, 0.3) is 0 Å². The van der Waals surface area contributed by atoms with Crippen LogP contribution in [0.3, 0.4) is 0 Å². The molecule has 33 heavy (non-hydrogen) atoms. The lowest BCUT2D eigenvalue weighted by molar-refractivity contribution is -0.153. The number of aliphatic hydroxyl groups is 1. The second-order valence-corrected chi connectivity index (χ2v) is 11.1. The van der Waals surface area contributed by atoms with Gasteiger partial charge >= 0.3 is 5.97 Å². The Morgan fingerprint density at radius 3 is 2.70 bits per heavy atom. The van der Waals surface area contributed by atoms with Crippen LogP contribution >= 0.6 is 11.8 Å². The van der Waals surface area contributed by atoms with Gasteiger partial charge in [0, 0.05) is 18.3 Å². The highest BCUT2D eigenvalue weighted by Crippen LogP contribution is 2.69. The van der Waals surface area contributed by atoms with Crippen molar-refractivity contribution in [2.75, 3.05) is 26.3 Å². The molecule has 0 radical (unpaired) electrons. The third-order valence-electron chi connectivity index (χ3n) is 7.46. The molecule has 1 N–H and O–H groups in total. The Labute approximate surface area is 201 Å². The summed E-state index contributed by atoms with van der Waals surface area (Å²) in [5, 5.41) is 9.92. The molecule has 0 aromatic carbocycles. The van der Waals surface area contributed by atoms with Crippen LogP contribution in [-0.2, 0) is 19.1 Å². The van der Waals surface area contributed by atoms with Crippen LogP contribution in [0.2, 0.25) is 0 Å². The summed E-state index contributed by atoms with van der Waals surface area (Å²) in [6.07, 6.45) is 6.92. The summed E-state index contributed by atoms with van der Waals surface area (Å²) < 4.78 is 4.68. The molecule has 3 aliphatic heterocycles. The highest BCUT2D eigenvalue weighted by Gasteiger charge is 2.76. The van der Waals surface area contributed by atoms with Crippen LogP contribution in [0.25, 0.3) is 0 Å². The van der Waals surface area contributed by atoms with E-state index in [2.05, 4.69) is 27.0 Å². The van der Waals surface area contributed by atoms with E-state index < -0.39 is 34.6 Å². The monoisotopic (exact) mass is 478 g/mol. The van der Waals surface area contributed by atoms with Gasteiger partial charge in [-0.1, -0.05) is 45.4 Å². The van der Waals surface area contributed by atoms with E-state index in [1.807, 2.05) is 0 Å². The van der Waals surface area contributed by atoms with Gasteiger partial charge in [-0.3, -0.25) is 14.4 Å². The van der Waals surface area contributed by atoms with Crippen LogP contribution in [0.15, 0.2) is 25.3 Å². The van der Waals surface area contributed by atoms with E-state index in [-0.39, 0.29) is 36.2 Å². The quantitative estimate of drug-likeness (QED) is 0.264. The second-order valence-electron chi connectivity index (χ2n) is 9.53. The number of carbonyl (C=O) groups is 3. The molecule has 184 valence electrons. The zero-order valence-electron chi connectivity index (χ0n) is 20.1. The van der Waals surface area contributed by atoms with Crippen LogP contribution in [0.5, 0.6) is 0 Å². The lowest BCUT2D eigenvalue weighted by atomic mass is 9.66. The summed E-state index contributed by atoms with van der Waals surface area (Å²) in [4.78, 5) is 44.3. The number of aliphatic hydroxyl groups excluding tert-OH is 1. The zero-order valence-corrected chi connectivity index (χ0v) is 20.9. The molecular weight excluding hydrogens is 440 g/mol. The Balaban J connectivity index is 2.03. The van der Waals surface area contributed by atoms with Gasteiger partial charge in [-0.05, 0) is 25.7 Å². The number of unbranched alkanes of at least 4 members (excludes halogenated alkanes) is 2. The van der Waals surface area contributed by atoms with E-state index >= 15 is 0 Å². The Morgan fingerprint density at radius 1 is 1.36 bits per heavy atom. The number of thioether (sulfide) groups is 1. The lowest BCUT2D eigenvalue weighted by Crippen LogP contribution is -2.59. The number of hydrogen-bond donors (Lipinski definition) is 1. The average Bonchev–Trinajstić information content (AvgIpc) is 3.39. The number of hydrogen-bond acceptors (Lipinski definition) is 6. The van der Waals surface area contributed by atoms with Crippen molar-refractivity contribution in [3.8, 4) is 0 Å². The van der Waals surface area contributed by atoms with Crippen molar-refractivity contribution >= 4 is 29.5 Å². The van der Waals surface area contributed by atoms with Gasteiger partial charge in [-0.25, -0.2) is 0 Å². The summed E-state index contributed by atoms with van der Waals surface area (Å²) in [5.41, 5.74) is 0. The van der Waals surface area contributed by atoms with Crippen molar-refractivity contribution in [3.63, 3.8) is 0 Å². The van der Waals surface area contributed by atoms with Crippen LogP contribution < -0.4 is 0 Å². The molecular formula is C25H38N2O5S. The number of likely N-dealkylation sites (tertiary alicyclic amines) is 1. The summed E-state index contributed by atoms with van der Waals surface area (Å²) in [7, 11) is 0. The van der Waals surface area contributed by atoms with Crippen molar-refractivity contribution in [3.05, 3.63) is 25.3 Å². The average molecular weight is 479 g/mol. The number of nitrogens with zero attached hydrogens (tertiary/aromatic N) is 2. The molecule has 3 saturated heterocycles. The van der Waals surface area contributed by atoms with Crippen LogP contribution in [0.1, 0.15) is 46.5 Å². The fourth-order valence-corrected chi connectivity index (χ4v) is 8.37. The van der Waals surface area contributed by atoms with Gasteiger partial charge in [-0.2, -0.15) is 0 Å². The lowest BCUT2D eigenvalue weighted by Gasteiger charge is -2.41. The number of ether oxygens (including phenoxy) is 1. The Kier molecular flexibility index (Phi) is 8.32. The Hall–Kier alpha value is -1.80. The molecule has 0 aromatic heterocycles. The summed E-state index contributed by atoms with van der Waals surface area (Å²) in [6, 6.07) is -1.25. The normalized spacial score (nSPS) is 33.0. The molecule has 3 heterocycles. The number of esters is 1. The maximum absolute atomic E-state index is 14.1. The predicted octanol–water partition coefficient (Wildman–Crippen LogP) is 2.64. The summed E-state index contributed by atoms with van der Waals surface area (Å²) >= 11 is 1.62. The van der Waals surface area contributed by atoms with Crippen molar-refractivity contribution < 1.29 is 24.2 Å². The topological polar surface area (TPSA) is 87.2 Å². The molecule has 0 aromatic rings. The van der Waals surface area contributed by atoms with Crippen LogP contribution in [0.4, 0.5) is 0 Å². The predicted molar refractivity (Wildman–Crippen MR) is 130 cm³/mol. The number of fused-ring (bicyclic) bond motifs is 1. The van der Waals surface area contributed by atoms with Gasteiger partial charge in [0.05, 0.1) is 29.2 Å². The van der Waals surface area contributed by atoms with E-state index in [0.717, 1.165) is 25.7 Å². The van der Waals surface area contributed by atoms with E-state index in [1.165, 1.54) is 6.08 Å². The van der Waals surface area contributed by atoms with Gasteiger partial charge in [0.1, 0.15) is 12.6 Å². The molecule has 3 fully saturated rings. The van der Waals surface area contributed by atoms with Gasteiger partial charge in [0.15, 0.2) is 0 Å². The highest BCUT2D eigenvalue weighted by atomic mass is 32.2. The first kappa shape index (κ1) is 25.8. The number of amides is 2. The molecule has 7 atom stereocenters. The van der Waals surface area contributed by atoms with E-state index in [4.69, 9.17) is 4.74 Å². The first-order valence-corrected chi connectivity index (χ1v) is 13.0. The van der Waals surface area contributed by atoms with Gasteiger partial charge in [-0.15, -0.1) is 18.3 Å². The third kappa shape index (κ3) is 4.25. The molecule has 7 nitrogen and oxygen atoms in total. The maximum atomic E-state index is 14.1. The number of rotatable bonds is 12. The molecule has 1 spiro atoms. The smallest absolute Gasteiger partial charge is 0.311 e. The summed E-state index contributed by atoms with van der Waals surface area (Å²) in [6.45, 7) is 14.2. The minimum Gasteiger partial charge on any atom is -0.461 e. The zero-order chi connectivity index (χ0) is 24.3. The maximum Gasteiger partial charge on any atom is 0.311 e. The molecule has 3 unspecified atom stereocenters. The molecule has 0 saturated carbocycles. The minimum atomic E-state index is -0.721.